The number of hydrogen-bond acceptors (Lipinski definition) is 5. The van der Waals surface area contributed by atoms with Crippen LogP contribution in [0.4, 0.5) is 5.69 Å². The van der Waals surface area contributed by atoms with Crippen LogP contribution in [0.2, 0.25) is 0 Å². The van der Waals surface area contributed by atoms with Gasteiger partial charge in [-0.15, -0.1) is 0 Å². The molecule has 2 fully saturated rings. The number of hydrogen-bond donors (Lipinski definition) is 0. The fraction of sp³-hybridized carbons (Fsp3) is 0.500. The van der Waals surface area contributed by atoms with E-state index in [9.17, 15) is 14.9 Å². The van der Waals surface area contributed by atoms with E-state index < -0.39 is 10.7 Å². The zero-order valence-electron chi connectivity index (χ0n) is 11.5. The van der Waals surface area contributed by atoms with E-state index >= 15 is 0 Å². The normalized spacial score (nSPS) is 20.7. The molecule has 2 aliphatic heterocycles. The fourth-order valence-electron chi connectivity index (χ4n) is 2.80. The number of carbonyl (C=O) groups excluding carboxylic acids is 1. The van der Waals surface area contributed by atoms with E-state index in [0.29, 0.717) is 31.9 Å². The van der Waals surface area contributed by atoms with Crippen LogP contribution in [0.25, 0.3) is 0 Å². The molecule has 3 rings (SSSR count). The van der Waals surface area contributed by atoms with E-state index in [0.717, 1.165) is 12.8 Å². The first kappa shape index (κ1) is 14.0. The maximum Gasteiger partial charge on any atom is 0.269 e. The van der Waals surface area contributed by atoms with Crippen LogP contribution >= 0.6 is 0 Å². The number of ether oxygens (including phenoxy) is 2. The lowest BCUT2D eigenvalue weighted by atomic mass is 10.0. The maximum atomic E-state index is 12.5. The minimum Gasteiger partial charge on any atom is -0.346 e. The second kappa shape index (κ2) is 5.42. The predicted octanol–water partition coefficient (Wildman–Crippen LogP) is 1.57. The van der Waals surface area contributed by atoms with Crippen LogP contribution in [0, 0.1) is 10.1 Å². The molecule has 2 aliphatic rings. The lowest BCUT2D eigenvalue weighted by molar-refractivity contribution is -0.384. The van der Waals surface area contributed by atoms with Crippen molar-refractivity contribution in [2.45, 2.75) is 18.6 Å². The highest BCUT2D eigenvalue weighted by Crippen LogP contribution is 2.30. The van der Waals surface area contributed by atoms with Crippen molar-refractivity contribution in [3.8, 4) is 0 Å². The molecule has 0 N–H and O–H groups in total. The van der Waals surface area contributed by atoms with Gasteiger partial charge in [-0.05, 0) is 18.6 Å². The van der Waals surface area contributed by atoms with E-state index in [-0.39, 0.29) is 11.6 Å². The second-order valence-electron chi connectivity index (χ2n) is 5.24. The smallest absolute Gasteiger partial charge is 0.269 e. The standard InChI is InChI=1S/C14H16N2O5/c17-13(11-2-4-12(5-3-11)16(18)19)15-7-1-6-14(10-15)20-8-9-21-14/h2-5H,1,6-10H2. The Balaban J connectivity index is 1.73. The summed E-state index contributed by atoms with van der Waals surface area (Å²) in [4.78, 5) is 24.3. The topological polar surface area (TPSA) is 81.9 Å². The molecule has 2 saturated heterocycles. The molecule has 0 unspecified atom stereocenters. The van der Waals surface area contributed by atoms with Crippen molar-refractivity contribution in [1.29, 1.82) is 0 Å². The quantitative estimate of drug-likeness (QED) is 0.610. The van der Waals surface area contributed by atoms with Crippen LogP contribution < -0.4 is 0 Å². The maximum absolute atomic E-state index is 12.5. The van der Waals surface area contributed by atoms with Crippen LogP contribution in [-0.4, -0.2) is 47.8 Å². The van der Waals surface area contributed by atoms with E-state index in [1.807, 2.05) is 0 Å². The molecular weight excluding hydrogens is 276 g/mol. The molecule has 0 aliphatic carbocycles. The van der Waals surface area contributed by atoms with Gasteiger partial charge in [0.2, 0.25) is 0 Å². The Hall–Kier alpha value is -1.99. The number of likely N-dealkylation sites (tertiary alicyclic amines) is 1. The predicted molar refractivity (Wildman–Crippen MR) is 72.9 cm³/mol. The Bertz CT molecular complexity index is 551. The fourth-order valence-corrected chi connectivity index (χ4v) is 2.80. The number of amides is 1. The lowest BCUT2D eigenvalue weighted by Gasteiger charge is -2.38. The van der Waals surface area contributed by atoms with Crippen LogP contribution in [0.1, 0.15) is 23.2 Å². The third-order valence-corrected chi connectivity index (χ3v) is 3.84. The van der Waals surface area contributed by atoms with Gasteiger partial charge in [0, 0.05) is 30.7 Å². The van der Waals surface area contributed by atoms with E-state index in [1.54, 1.807) is 4.90 Å². The molecule has 0 atom stereocenters. The van der Waals surface area contributed by atoms with Crippen molar-refractivity contribution in [1.82, 2.24) is 4.90 Å². The molecule has 0 saturated carbocycles. The van der Waals surface area contributed by atoms with Crippen molar-refractivity contribution in [2.24, 2.45) is 0 Å². The minimum atomic E-state index is -0.658. The summed E-state index contributed by atoms with van der Waals surface area (Å²) in [5, 5.41) is 10.6. The first-order chi connectivity index (χ1) is 10.1. The average molecular weight is 292 g/mol. The summed E-state index contributed by atoms with van der Waals surface area (Å²) in [5.74, 6) is -0.808. The first-order valence-electron chi connectivity index (χ1n) is 6.91. The van der Waals surface area contributed by atoms with Crippen molar-refractivity contribution < 1.29 is 19.2 Å². The number of nitrogens with zero attached hydrogens (tertiary/aromatic N) is 2. The van der Waals surface area contributed by atoms with Gasteiger partial charge in [-0.1, -0.05) is 0 Å². The summed E-state index contributed by atoms with van der Waals surface area (Å²) in [7, 11) is 0. The first-order valence-corrected chi connectivity index (χ1v) is 6.91. The summed E-state index contributed by atoms with van der Waals surface area (Å²) in [6, 6.07) is 5.65. The van der Waals surface area contributed by atoms with Crippen LogP contribution in [0.5, 0.6) is 0 Å². The molecule has 1 aromatic rings. The highest BCUT2D eigenvalue weighted by atomic mass is 16.7. The van der Waals surface area contributed by atoms with E-state index in [4.69, 9.17) is 9.47 Å². The largest absolute Gasteiger partial charge is 0.346 e. The van der Waals surface area contributed by atoms with Gasteiger partial charge >= 0.3 is 0 Å². The molecule has 0 aromatic heterocycles. The molecular formula is C14H16N2O5. The number of piperidine rings is 1. The Morgan fingerprint density at radius 3 is 2.52 bits per heavy atom. The summed E-state index contributed by atoms with van der Waals surface area (Å²) < 4.78 is 11.3. The molecule has 0 radical (unpaired) electrons. The molecule has 1 spiro atoms. The zero-order valence-corrected chi connectivity index (χ0v) is 11.5. The third kappa shape index (κ3) is 2.74. The van der Waals surface area contributed by atoms with Gasteiger partial charge in [-0.2, -0.15) is 0 Å². The number of non-ortho nitro benzene ring substituents is 1. The van der Waals surface area contributed by atoms with Gasteiger partial charge in [-0.3, -0.25) is 14.9 Å². The Morgan fingerprint density at radius 2 is 1.90 bits per heavy atom. The minimum absolute atomic E-state index is 0.0240. The second-order valence-corrected chi connectivity index (χ2v) is 5.24. The summed E-state index contributed by atoms with van der Waals surface area (Å²) in [6.07, 6.45) is 1.61. The molecule has 2 heterocycles. The summed E-state index contributed by atoms with van der Waals surface area (Å²) in [6.45, 7) is 2.16. The third-order valence-electron chi connectivity index (χ3n) is 3.84. The Morgan fingerprint density at radius 1 is 1.24 bits per heavy atom. The Kier molecular flexibility index (Phi) is 3.60. The lowest BCUT2D eigenvalue weighted by Crippen LogP contribution is -2.51. The van der Waals surface area contributed by atoms with Gasteiger partial charge in [0.05, 0.1) is 24.7 Å². The van der Waals surface area contributed by atoms with Crippen molar-refractivity contribution >= 4 is 11.6 Å². The van der Waals surface area contributed by atoms with Gasteiger partial charge in [0.15, 0.2) is 5.79 Å². The van der Waals surface area contributed by atoms with E-state index in [2.05, 4.69) is 0 Å². The summed E-state index contributed by atoms with van der Waals surface area (Å²) >= 11 is 0. The van der Waals surface area contributed by atoms with Crippen molar-refractivity contribution in [2.75, 3.05) is 26.3 Å². The molecule has 1 amide bonds. The van der Waals surface area contributed by atoms with Crippen molar-refractivity contribution in [3.05, 3.63) is 39.9 Å². The number of nitro groups is 1. The van der Waals surface area contributed by atoms with E-state index in [1.165, 1.54) is 24.3 Å². The van der Waals surface area contributed by atoms with Gasteiger partial charge < -0.3 is 14.4 Å². The van der Waals surface area contributed by atoms with Gasteiger partial charge in [0.25, 0.3) is 11.6 Å². The zero-order chi connectivity index (χ0) is 14.9. The van der Waals surface area contributed by atoms with Gasteiger partial charge in [0.1, 0.15) is 0 Å². The number of rotatable bonds is 2. The molecule has 7 nitrogen and oxygen atoms in total. The van der Waals surface area contributed by atoms with Gasteiger partial charge in [-0.25, -0.2) is 0 Å². The Labute approximate surface area is 121 Å². The molecule has 7 heteroatoms. The summed E-state index contributed by atoms with van der Waals surface area (Å²) in [5.41, 5.74) is 0.416. The monoisotopic (exact) mass is 292 g/mol. The molecule has 0 bridgehead atoms. The highest BCUT2D eigenvalue weighted by molar-refractivity contribution is 5.94. The van der Waals surface area contributed by atoms with Crippen molar-refractivity contribution in [3.63, 3.8) is 0 Å². The molecule has 1 aromatic carbocycles. The van der Waals surface area contributed by atoms with Crippen LogP contribution in [-0.2, 0) is 9.47 Å². The average Bonchev–Trinajstić information content (AvgIpc) is 2.94. The SMILES string of the molecule is O=C(c1ccc([N+](=O)[O-])cc1)N1CCCC2(C1)OCCO2. The molecule has 21 heavy (non-hydrogen) atoms. The number of nitro benzene ring substituents is 1. The van der Waals surface area contributed by atoms with Crippen LogP contribution in [0.3, 0.4) is 0 Å². The number of carbonyl (C=O) groups is 1. The van der Waals surface area contributed by atoms with Crippen LogP contribution in [0.15, 0.2) is 24.3 Å². The highest BCUT2D eigenvalue weighted by Gasteiger charge is 2.42. The molecule has 112 valence electrons. The number of benzene rings is 1.